The average Bonchev–Trinajstić information content (AvgIpc) is 2.64. The summed E-state index contributed by atoms with van der Waals surface area (Å²) in [4.78, 5) is 37.0. The summed E-state index contributed by atoms with van der Waals surface area (Å²) in [6, 6.07) is 14.0. The second kappa shape index (κ2) is 7.18. The molecule has 0 aliphatic carbocycles. The lowest BCUT2D eigenvalue weighted by Gasteiger charge is -2.15. The van der Waals surface area contributed by atoms with Gasteiger partial charge in [-0.25, -0.2) is 5.10 Å². The highest BCUT2D eigenvalue weighted by atomic mass is 16.2. The Balaban J connectivity index is 1.75. The smallest absolute Gasteiger partial charge is 0.272 e. The van der Waals surface area contributed by atoms with Crippen molar-refractivity contribution in [2.75, 3.05) is 17.3 Å². The number of carbonyl (C=O) groups excluding carboxylic acids is 2. The van der Waals surface area contributed by atoms with Gasteiger partial charge in [0.15, 0.2) is 0 Å². The molecule has 0 bridgehead atoms. The van der Waals surface area contributed by atoms with Crippen LogP contribution in [0.3, 0.4) is 0 Å². The molecule has 7 heteroatoms. The number of amides is 2. The van der Waals surface area contributed by atoms with Crippen LogP contribution in [0.1, 0.15) is 12.6 Å². The monoisotopic (exact) mass is 350 g/mol. The third kappa shape index (κ3) is 3.61. The van der Waals surface area contributed by atoms with Gasteiger partial charge in [0.05, 0.1) is 17.5 Å². The fourth-order valence-corrected chi connectivity index (χ4v) is 2.61. The molecule has 132 valence electrons. The van der Waals surface area contributed by atoms with E-state index in [0.717, 1.165) is 5.69 Å². The van der Waals surface area contributed by atoms with Crippen molar-refractivity contribution in [1.82, 2.24) is 10.2 Å². The van der Waals surface area contributed by atoms with Gasteiger partial charge < -0.3 is 10.2 Å². The largest absolute Gasteiger partial charge is 0.326 e. The lowest BCUT2D eigenvalue weighted by molar-refractivity contribution is -0.116. The van der Waals surface area contributed by atoms with Crippen LogP contribution in [0.4, 0.5) is 11.4 Å². The van der Waals surface area contributed by atoms with Crippen LogP contribution < -0.4 is 15.8 Å². The van der Waals surface area contributed by atoms with E-state index in [1.165, 1.54) is 11.8 Å². The normalized spacial score (nSPS) is 10.5. The molecule has 0 unspecified atom stereocenters. The van der Waals surface area contributed by atoms with Gasteiger partial charge in [-0.05, 0) is 30.3 Å². The van der Waals surface area contributed by atoms with E-state index < -0.39 is 0 Å². The predicted octanol–water partition coefficient (Wildman–Crippen LogP) is 2.09. The van der Waals surface area contributed by atoms with Crippen molar-refractivity contribution < 1.29 is 9.59 Å². The van der Waals surface area contributed by atoms with Crippen LogP contribution in [0, 0.1) is 0 Å². The van der Waals surface area contributed by atoms with E-state index in [1.807, 2.05) is 0 Å². The summed E-state index contributed by atoms with van der Waals surface area (Å²) in [5, 5.41) is 10.4. The van der Waals surface area contributed by atoms with Gasteiger partial charge in [0.1, 0.15) is 0 Å². The number of aromatic nitrogens is 2. The van der Waals surface area contributed by atoms with Gasteiger partial charge in [0.25, 0.3) is 5.56 Å². The maximum Gasteiger partial charge on any atom is 0.272 e. The van der Waals surface area contributed by atoms with Crippen molar-refractivity contribution >= 4 is 34.0 Å². The van der Waals surface area contributed by atoms with E-state index in [2.05, 4.69) is 15.5 Å². The van der Waals surface area contributed by atoms with Gasteiger partial charge in [-0.1, -0.05) is 18.2 Å². The summed E-state index contributed by atoms with van der Waals surface area (Å²) in [5.41, 5.74) is 1.58. The molecule has 0 saturated carbocycles. The fraction of sp³-hybridized carbons (Fsp3) is 0.158. The molecule has 0 fully saturated rings. The highest BCUT2D eigenvalue weighted by molar-refractivity contribution is 5.96. The third-order valence-electron chi connectivity index (χ3n) is 4.11. The molecule has 0 radical (unpaired) electrons. The lowest BCUT2D eigenvalue weighted by atomic mass is 10.1. The molecule has 2 amide bonds. The van der Waals surface area contributed by atoms with Crippen LogP contribution in [0.15, 0.2) is 53.3 Å². The van der Waals surface area contributed by atoms with Crippen molar-refractivity contribution in [2.24, 2.45) is 0 Å². The molecule has 1 heterocycles. The Morgan fingerprint density at radius 2 is 1.73 bits per heavy atom. The summed E-state index contributed by atoms with van der Waals surface area (Å²) in [7, 11) is 1.68. The topological polar surface area (TPSA) is 95.2 Å². The van der Waals surface area contributed by atoms with E-state index in [1.54, 1.807) is 55.6 Å². The summed E-state index contributed by atoms with van der Waals surface area (Å²) in [5.74, 6) is -0.319. The maximum atomic E-state index is 12.3. The first kappa shape index (κ1) is 17.3. The predicted molar refractivity (Wildman–Crippen MR) is 100 cm³/mol. The first-order chi connectivity index (χ1) is 12.5. The molecule has 0 aliphatic rings. The SMILES string of the molecule is CC(=O)N(C)c1ccc(NC(=O)Cc2n[nH]c(=O)c3ccccc23)cc1. The zero-order valence-electron chi connectivity index (χ0n) is 14.4. The molecule has 2 aromatic carbocycles. The Morgan fingerprint density at radius 1 is 1.08 bits per heavy atom. The summed E-state index contributed by atoms with van der Waals surface area (Å²) in [6.45, 7) is 1.48. The van der Waals surface area contributed by atoms with Gasteiger partial charge in [-0.2, -0.15) is 5.10 Å². The third-order valence-corrected chi connectivity index (χ3v) is 4.11. The van der Waals surface area contributed by atoms with Gasteiger partial charge in [-0.3, -0.25) is 14.4 Å². The molecule has 26 heavy (non-hydrogen) atoms. The van der Waals surface area contributed by atoms with E-state index in [0.29, 0.717) is 22.2 Å². The van der Waals surface area contributed by atoms with Gasteiger partial charge in [0, 0.05) is 30.7 Å². The zero-order chi connectivity index (χ0) is 18.7. The molecule has 3 rings (SSSR count). The average molecular weight is 350 g/mol. The molecule has 0 spiro atoms. The molecule has 3 aromatic rings. The Labute approximate surface area is 149 Å². The molecule has 0 aliphatic heterocycles. The number of H-pyrrole nitrogens is 1. The molecular formula is C19H18N4O3. The molecule has 1 aromatic heterocycles. The highest BCUT2D eigenvalue weighted by Crippen LogP contribution is 2.18. The number of carbonyl (C=O) groups is 2. The lowest BCUT2D eigenvalue weighted by Crippen LogP contribution is -2.22. The van der Waals surface area contributed by atoms with Crippen LogP contribution in [0.5, 0.6) is 0 Å². The summed E-state index contributed by atoms with van der Waals surface area (Å²) in [6.07, 6.45) is 0.0341. The number of aromatic amines is 1. The minimum absolute atomic E-state index is 0.0341. The minimum Gasteiger partial charge on any atom is -0.326 e. The van der Waals surface area contributed by atoms with E-state index in [9.17, 15) is 14.4 Å². The van der Waals surface area contributed by atoms with Crippen molar-refractivity contribution in [3.8, 4) is 0 Å². The molecule has 7 nitrogen and oxygen atoms in total. The van der Waals surface area contributed by atoms with Crippen LogP contribution >= 0.6 is 0 Å². The van der Waals surface area contributed by atoms with E-state index in [-0.39, 0.29) is 23.8 Å². The highest BCUT2D eigenvalue weighted by Gasteiger charge is 2.11. The number of hydrogen-bond donors (Lipinski definition) is 2. The first-order valence-electron chi connectivity index (χ1n) is 8.06. The van der Waals surface area contributed by atoms with Crippen LogP contribution in [0.2, 0.25) is 0 Å². The van der Waals surface area contributed by atoms with Gasteiger partial charge >= 0.3 is 0 Å². The van der Waals surface area contributed by atoms with Gasteiger partial charge in [0.2, 0.25) is 11.8 Å². The Morgan fingerprint density at radius 3 is 2.38 bits per heavy atom. The number of benzene rings is 2. The number of hydrogen-bond acceptors (Lipinski definition) is 4. The van der Waals surface area contributed by atoms with Gasteiger partial charge in [-0.15, -0.1) is 0 Å². The van der Waals surface area contributed by atoms with E-state index in [4.69, 9.17) is 0 Å². The quantitative estimate of drug-likeness (QED) is 0.753. The number of rotatable bonds is 4. The Hall–Kier alpha value is -3.48. The van der Waals surface area contributed by atoms with E-state index >= 15 is 0 Å². The van der Waals surface area contributed by atoms with Crippen molar-refractivity contribution in [1.29, 1.82) is 0 Å². The molecule has 0 saturated heterocycles. The minimum atomic E-state index is -0.282. The van der Waals surface area contributed by atoms with Crippen LogP contribution in [0.25, 0.3) is 10.8 Å². The number of nitrogens with zero attached hydrogens (tertiary/aromatic N) is 2. The van der Waals surface area contributed by atoms with Crippen molar-refractivity contribution in [2.45, 2.75) is 13.3 Å². The Bertz CT molecular complexity index is 1020. The van der Waals surface area contributed by atoms with Crippen molar-refractivity contribution in [3.63, 3.8) is 0 Å². The standard InChI is InChI=1S/C19H18N4O3/c1-12(24)23(2)14-9-7-13(8-10-14)20-18(25)11-17-15-5-3-4-6-16(15)19(26)22-21-17/h3-10H,11H2,1-2H3,(H,20,25)(H,22,26). The number of nitrogens with one attached hydrogen (secondary N) is 2. The zero-order valence-corrected chi connectivity index (χ0v) is 14.4. The number of anilines is 2. The summed E-state index contributed by atoms with van der Waals surface area (Å²) >= 11 is 0. The maximum absolute atomic E-state index is 12.3. The molecule has 0 atom stereocenters. The molecular weight excluding hydrogens is 332 g/mol. The fourth-order valence-electron chi connectivity index (χ4n) is 2.61. The second-order valence-corrected chi connectivity index (χ2v) is 5.89. The Kier molecular flexibility index (Phi) is 4.79. The number of fused-ring (bicyclic) bond motifs is 1. The second-order valence-electron chi connectivity index (χ2n) is 5.89. The summed E-state index contributed by atoms with van der Waals surface area (Å²) < 4.78 is 0. The van der Waals surface area contributed by atoms with Crippen LogP contribution in [-0.4, -0.2) is 29.1 Å². The first-order valence-corrected chi connectivity index (χ1v) is 8.06. The molecule has 2 N–H and O–H groups in total. The van der Waals surface area contributed by atoms with Crippen molar-refractivity contribution in [3.05, 3.63) is 64.6 Å². The van der Waals surface area contributed by atoms with Crippen LogP contribution in [-0.2, 0) is 16.0 Å².